The molecule has 3 fully saturated rings. The van der Waals surface area contributed by atoms with Gasteiger partial charge in [-0.15, -0.1) is 0 Å². The first kappa shape index (κ1) is 35.4. The van der Waals surface area contributed by atoms with E-state index < -0.39 is 39.2 Å². The highest BCUT2D eigenvalue weighted by Gasteiger charge is 2.35. The molecule has 13 nitrogen and oxygen atoms in total. The van der Waals surface area contributed by atoms with Crippen molar-refractivity contribution in [1.82, 2.24) is 18.8 Å². The molecule has 4 aliphatic rings. The summed E-state index contributed by atoms with van der Waals surface area (Å²) in [6, 6.07) is 4.74. The molecule has 0 unspecified atom stereocenters. The molecular formula is C36H44FN5O8S. The quantitative estimate of drug-likeness (QED) is 0.327. The maximum Gasteiger partial charge on any atom is 0.341 e. The lowest BCUT2D eigenvalue weighted by Crippen LogP contribution is -2.53. The maximum absolute atomic E-state index is 16.2. The van der Waals surface area contributed by atoms with Crippen LogP contribution in [-0.2, 0) is 27.9 Å². The Morgan fingerprint density at radius 1 is 1.04 bits per heavy atom. The van der Waals surface area contributed by atoms with E-state index in [1.54, 1.807) is 7.11 Å². The van der Waals surface area contributed by atoms with Crippen LogP contribution in [0.2, 0.25) is 0 Å². The van der Waals surface area contributed by atoms with Crippen molar-refractivity contribution in [2.24, 2.45) is 0 Å². The summed E-state index contributed by atoms with van der Waals surface area (Å²) in [5.74, 6) is -3.23. The first-order chi connectivity index (χ1) is 24.4. The van der Waals surface area contributed by atoms with Gasteiger partial charge in [0.25, 0.3) is 11.8 Å². The first-order valence-electron chi connectivity index (χ1n) is 17.5. The number of rotatable bonds is 9. The molecule has 7 rings (SSSR count). The highest BCUT2D eigenvalue weighted by atomic mass is 32.2. The lowest BCUT2D eigenvalue weighted by molar-refractivity contribution is 0.0726. The molecule has 274 valence electrons. The zero-order valence-corrected chi connectivity index (χ0v) is 30.2. The highest BCUT2D eigenvalue weighted by Crippen LogP contribution is 2.37. The Labute approximate surface area is 296 Å². The molecule has 1 N–H and O–H groups in total. The smallest absolute Gasteiger partial charge is 0.341 e. The first-order valence-corrected chi connectivity index (χ1v) is 19.0. The van der Waals surface area contributed by atoms with Crippen LogP contribution in [-0.4, -0.2) is 107 Å². The minimum atomic E-state index is -4.13. The van der Waals surface area contributed by atoms with Crippen molar-refractivity contribution < 1.29 is 36.3 Å². The van der Waals surface area contributed by atoms with Gasteiger partial charge in [-0.05, 0) is 82.3 Å². The van der Waals surface area contributed by atoms with E-state index in [0.717, 1.165) is 53.5 Å². The third-order valence-electron chi connectivity index (χ3n) is 10.6. The molecule has 0 spiro atoms. The number of anilines is 1. The Balaban J connectivity index is 1.16. The fourth-order valence-electron chi connectivity index (χ4n) is 7.49. The van der Waals surface area contributed by atoms with E-state index in [9.17, 15) is 22.8 Å². The van der Waals surface area contributed by atoms with Gasteiger partial charge in [-0.1, -0.05) is 0 Å². The number of nitrogens with zero attached hydrogens (tertiary/aromatic N) is 4. The van der Waals surface area contributed by atoms with Crippen LogP contribution in [0.5, 0.6) is 5.75 Å². The van der Waals surface area contributed by atoms with Crippen LogP contribution < -0.4 is 20.0 Å². The van der Waals surface area contributed by atoms with Crippen LogP contribution in [0.15, 0.2) is 27.4 Å². The zero-order chi connectivity index (χ0) is 36.2. The van der Waals surface area contributed by atoms with Gasteiger partial charge in [-0.2, -0.15) is 12.7 Å². The van der Waals surface area contributed by atoms with Crippen LogP contribution in [0.1, 0.15) is 68.7 Å². The fraction of sp³-hybridized carbons (Fsp3) is 0.528. The number of benzene rings is 2. The van der Waals surface area contributed by atoms with E-state index in [-0.39, 0.29) is 49.5 Å². The number of carbonyl (C=O) groups is 2. The Bertz CT molecular complexity index is 2060. The number of amides is 2. The molecule has 0 radical (unpaired) electrons. The summed E-state index contributed by atoms with van der Waals surface area (Å²) in [5, 5.41) is 0.853. The summed E-state index contributed by atoms with van der Waals surface area (Å²) in [6.45, 7) is 7.74. The number of likely N-dealkylation sites (N-methyl/N-ethyl adjacent to an activating group) is 1. The van der Waals surface area contributed by atoms with Gasteiger partial charge in [-0.25, -0.2) is 13.9 Å². The van der Waals surface area contributed by atoms with Gasteiger partial charge in [0.05, 0.1) is 42.0 Å². The van der Waals surface area contributed by atoms with Gasteiger partial charge >= 0.3 is 15.8 Å². The normalized spacial score (nSPS) is 20.1. The molecule has 51 heavy (non-hydrogen) atoms. The predicted molar refractivity (Wildman–Crippen MR) is 188 cm³/mol. The number of carbonyl (C=O) groups excluding carboxylic acids is 2. The minimum Gasteiger partial charge on any atom is -0.486 e. The SMILES string of the molecule is COC[C@H]1CN(c2cc(C)c3c4c(c(=O)oc3c2C)CN(C(=O)c2ccc(C(=O)NS(=O)(=O)N3CCCC3)c(OC3CC3)c2F)CC4)CCN1C. The zero-order valence-electron chi connectivity index (χ0n) is 29.4. The van der Waals surface area contributed by atoms with E-state index in [0.29, 0.717) is 49.9 Å². The van der Waals surface area contributed by atoms with Gasteiger partial charge in [0.15, 0.2) is 11.6 Å². The Morgan fingerprint density at radius 3 is 2.47 bits per heavy atom. The molecule has 15 heteroatoms. The Morgan fingerprint density at radius 2 is 1.76 bits per heavy atom. The standard InChI is InChI=1S/C36H44FN5O8S/c1-21-17-29(40-16-15-39(3)23(18-40)20-48-4)22(2)32-30(21)25-11-14-41(19-28(25)36(45)50-32)35(44)26-9-10-27(33(31(26)37)49-24-7-8-24)34(43)38-51(46,47)42-12-5-6-13-42/h9-10,17,23-24H,5-8,11-16,18-20H2,1-4H3,(H,38,43)/t23-/m1/s1. The largest absolute Gasteiger partial charge is 0.486 e. The van der Waals surface area contributed by atoms with E-state index in [4.69, 9.17) is 13.9 Å². The number of halogens is 1. The number of methoxy groups -OCH3 is 1. The highest BCUT2D eigenvalue weighted by molar-refractivity contribution is 7.87. The molecular weight excluding hydrogens is 681 g/mol. The van der Waals surface area contributed by atoms with Crippen LogP contribution in [0.25, 0.3) is 11.0 Å². The van der Waals surface area contributed by atoms with Crippen molar-refractivity contribution in [3.05, 3.63) is 67.8 Å². The maximum atomic E-state index is 16.2. The average molecular weight is 726 g/mol. The summed E-state index contributed by atoms with van der Waals surface area (Å²) in [7, 11) is -0.338. The molecule has 3 aliphatic heterocycles. The van der Waals surface area contributed by atoms with Gasteiger partial charge in [-0.3, -0.25) is 14.5 Å². The molecule has 0 bridgehead atoms. The summed E-state index contributed by atoms with van der Waals surface area (Å²) in [4.78, 5) is 46.6. The third kappa shape index (κ3) is 6.72. The lowest BCUT2D eigenvalue weighted by Gasteiger charge is -2.41. The number of nitrogens with one attached hydrogen (secondary N) is 1. The van der Waals surface area contributed by atoms with E-state index in [2.05, 4.69) is 22.9 Å². The number of fused-ring (bicyclic) bond motifs is 3. The van der Waals surface area contributed by atoms with Crippen molar-refractivity contribution in [3.8, 4) is 5.75 Å². The summed E-state index contributed by atoms with van der Waals surface area (Å²) >= 11 is 0. The molecule has 1 aromatic heterocycles. The van der Waals surface area contributed by atoms with Gasteiger partial charge in [0, 0.05) is 63.0 Å². The van der Waals surface area contributed by atoms with Crippen LogP contribution in [0.4, 0.5) is 10.1 Å². The minimum absolute atomic E-state index is 0.0849. The molecule has 4 heterocycles. The number of hydrogen-bond acceptors (Lipinski definition) is 10. The lowest BCUT2D eigenvalue weighted by atomic mass is 9.92. The van der Waals surface area contributed by atoms with Crippen LogP contribution >= 0.6 is 0 Å². The molecule has 2 saturated heterocycles. The number of hydrogen-bond donors (Lipinski definition) is 1. The average Bonchev–Trinajstić information content (AvgIpc) is 3.74. The van der Waals surface area contributed by atoms with Crippen molar-refractivity contribution >= 4 is 38.7 Å². The van der Waals surface area contributed by atoms with Gasteiger partial charge in [0.2, 0.25) is 0 Å². The van der Waals surface area contributed by atoms with Gasteiger partial charge in [0.1, 0.15) is 5.58 Å². The van der Waals surface area contributed by atoms with Crippen molar-refractivity contribution in [2.75, 3.05) is 64.9 Å². The summed E-state index contributed by atoms with van der Waals surface area (Å²) in [5.41, 5.74) is 3.33. The summed E-state index contributed by atoms with van der Waals surface area (Å²) < 4.78 is 62.1. The van der Waals surface area contributed by atoms with Crippen molar-refractivity contribution in [3.63, 3.8) is 0 Å². The van der Waals surface area contributed by atoms with E-state index >= 15 is 4.39 Å². The Hall–Kier alpha value is -4.05. The molecule has 1 aliphatic carbocycles. The molecule has 2 aromatic carbocycles. The number of piperazine rings is 1. The van der Waals surface area contributed by atoms with E-state index in [1.165, 1.54) is 15.3 Å². The summed E-state index contributed by atoms with van der Waals surface area (Å²) in [6.07, 6.45) is 2.66. The monoisotopic (exact) mass is 725 g/mol. The molecule has 1 atom stereocenters. The molecule has 2 amide bonds. The van der Waals surface area contributed by atoms with Crippen LogP contribution in [0.3, 0.4) is 0 Å². The van der Waals surface area contributed by atoms with Crippen molar-refractivity contribution in [1.29, 1.82) is 0 Å². The second-order valence-corrected chi connectivity index (χ2v) is 15.7. The second kappa shape index (κ2) is 13.8. The number of ether oxygens (including phenoxy) is 2. The van der Waals surface area contributed by atoms with Crippen LogP contribution in [0, 0.1) is 19.7 Å². The molecule has 3 aromatic rings. The third-order valence-corrected chi connectivity index (χ3v) is 12.0. The predicted octanol–water partition coefficient (Wildman–Crippen LogP) is 3.13. The fourth-order valence-corrected chi connectivity index (χ4v) is 8.71. The number of aryl methyl sites for hydroxylation is 2. The molecule has 1 saturated carbocycles. The van der Waals surface area contributed by atoms with Crippen molar-refractivity contribution in [2.45, 2.75) is 64.6 Å². The van der Waals surface area contributed by atoms with E-state index in [1.807, 2.05) is 18.6 Å². The topological polar surface area (TPSA) is 142 Å². The second-order valence-electron chi connectivity index (χ2n) is 14.1. The van der Waals surface area contributed by atoms with Gasteiger partial charge < -0.3 is 23.7 Å². The Kier molecular flexibility index (Phi) is 9.58.